The zero-order valence-electron chi connectivity index (χ0n) is 19.0. The van der Waals surface area contributed by atoms with Crippen LogP contribution in [-0.4, -0.2) is 50.4 Å². The van der Waals surface area contributed by atoms with Crippen LogP contribution in [0.2, 0.25) is 0 Å². The monoisotopic (exact) mass is 488 g/mol. The smallest absolute Gasteiger partial charge is 0.381 e. The van der Waals surface area contributed by atoms with E-state index in [1.807, 2.05) is 13.8 Å². The first-order valence-electron chi connectivity index (χ1n) is 11.5. The Balaban J connectivity index is 1.57. The number of nitrogens with zero attached hydrogens (tertiary/aromatic N) is 1. The van der Waals surface area contributed by atoms with E-state index in [0.29, 0.717) is 32.1 Å². The molecule has 10 heteroatoms. The fourth-order valence-electron chi connectivity index (χ4n) is 5.54. The first kappa shape index (κ1) is 24.5. The van der Waals surface area contributed by atoms with Crippen LogP contribution in [0.15, 0.2) is 23.1 Å². The second kappa shape index (κ2) is 8.85. The van der Waals surface area contributed by atoms with Gasteiger partial charge in [-0.15, -0.1) is 0 Å². The summed E-state index contributed by atoms with van der Waals surface area (Å²) >= 11 is 0. The van der Waals surface area contributed by atoms with Gasteiger partial charge in [-0.25, -0.2) is 8.42 Å². The van der Waals surface area contributed by atoms with Crippen LogP contribution in [0.1, 0.15) is 57.1 Å². The molecule has 184 valence electrons. The van der Waals surface area contributed by atoms with Gasteiger partial charge in [-0.05, 0) is 61.8 Å². The number of rotatable bonds is 4. The number of sulfone groups is 1. The van der Waals surface area contributed by atoms with Crippen LogP contribution in [0.25, 0.3) is 0 Å². The Morgan fingerprint density at radius 1 is 1.18 bits per heavy atom. The Hall–Kier alpha value is -1.65. The number of ether oxygens (including phenoxy) is 1. The van der Waals surface area contributed by atoms with E-state index in [1.54, 1.807) is 0 Å². The molecule has 1 aromatic carbocycles. The zero-order chi connectivity index (χ0) is 24.0. The summed E-state index contributed by atoms with van der Waals surface area (Å²) in [4.78, 5) is 14.9. The van der Waals surface area contributed by atoms with E-state index in [4.69, 9.17) is 4.74 Å². The molecule has 0 radical (unpaired) electrons. The fourth-order valence-corrected chi connectivity index (χ4v) is 7.09. The molecule has 3 aliphatic rings. The predicted octanol–water partition coefficient (Wildman–Crippen LogP) is 3.74. The van der Waals surface area contributed by atoms with Gasteiger partial charge in [0.25, 0.3) is 0 Å². The van der Waals surface area contributed by atoms with Gasteiger partial charge in [0.1, 0.15) is 5.88 Å². The van der Waals surface area contributed by atoms with Crippen molar-refractivity contribution in [1.29, 1.82) is 0 Å². The van der Waals surface area contributed by atoms with Crippen molar-refractivity contribution in [1.82, 2.24) is 10.2 Å². The summed E-state index contributed by atoms with van der Waals surface area (Å²) < 4.78 is 70.8. The molecular formula is C23H31F3N2O4S. The summed E-state index contributed by atoms with van der Waals surface area (Å²) in [5.41, 5.74) is -1.62. The van der Waals surface area contributed by atoms with Gasteiger partial charge >= 0.3 is 6.18 Å². The molecule has 0 aromatic heterocycles. The summed E-state index contributed by atoms with van der Waals surface area (Å²) in [7, 11) is -3.91. The molecule has 33 heavy (non-hydrogen) atoms. The lowest BCUT2D eigenvalue weighted by atomic mass is 9.74. The number of carbonyl (C=O) groups is 1. The lowest BCUT2D eigenvalue weighted by Crippen LogP contribution is -2.50. The highest BCUT2D eigenvalue weighted by atomic mass is 32.2. The van der Waals surface area contributed by atoms with Crippen LogP contribution >= 0.6 is 0 Å². The highest BCUT2D eigenvalue weighted by Crippen LogP contribution is 2.47. The van der Waals surface area contributed by atoms with Gasteiger partial charge in [0.15, 0.2) is 9.84 Å². The summed E-state index contributed by atoms with van der Waals surface area (Å²) in [5.74, 6) is -0.811. The summed E-state index contributed by atoms with van der Waals surface area (Å²) in [5, 5.41) is 3.65. The third-order valence-electron chi connectivity index (χ3n) is 7.47. The molecule has 1 saturated carbocycles. The average molecular weight is 489 g/mol. The topological polar surface area (TPSA) is 75.7 Å². The van der Waals surface area contributed by atoms with Crippen molar-refractivity contribution in [2.45, 2.75) is 75.7 Å². The van der Waals surface area contributed by atoms with Crippen LogP contribution in [0.5, 0.6) is 0 Å². The van der Waals surface area contributed by atoms with Gasteiger partial charge in [0.2, 0.25) is 5.91 Å². The van der Waals surface area contributed by atoms with Gasteiger partial charge in [-0.2, -0.15) is 13.2 Å². The molecule has 2 atom stereocenters. The Kier molecular flexibility index (Phi) is 6.56. The molecule has 4 rings (SSSR count). The molecule has 1 aromatic rings. The fraction of sp³-hybridized carbons (Fsp3) is 0.696. The van der Waals surface area contributed by atoms with Crippen LogP contribution < -0.4 is 5.32 Å². The SMILES string of the molecule is CC(C)[C@]1(C(=O)N2Cc3cc(C(F)(F)F)ccc3S(=O)(=O)C2)CCC(NC2CCOCC2)C1. The minimum atomic E-state index is -4.58. The Morgan fingerprint density at radius 3 is 2.52 bits per heavy atom. The summed E-state index contributed by atoms with van der Waals surface area (Å²) in [6.07, 6.45) is -0.734. The van der Waals surface area contributed by atoms with Gasteiger partial charge in [-0.3, -0.25) is 4.79 Å². The van der Waals surface area contributed by atoms with Crippen LogP contribution in [-0.2, 0) is 32.1 Å². The molecule has 1 unspecified atom stereocenters. The van der Waals surface area contributed by atoms with Crippen molar-refractivity contribution in [3.8, 4) is 0 Å². The molecule has 0 bridgehead atoms. The number of alkyl halides is 3. The largest absolute Gasteiger partial charge is 0.416 e. The Morgan fingerprint density at radius 2 is 1.88 bits per heavy atom. The first-order chi connectivity index (χ1) is 15.4. The number of amides is 1. The average Bonchev–Trinajstić information content (AvgIpc) is 3.17. The number of nitrogens with one attached hydrogen (secondary N) is 1. The van der Waals surface area contributed by atoms with Crippen molar-refractivity contribution in [3.63, 3.8) is 0 Å². The van der Waals surface area contributed by atoms with E-state index in [9.17, 15) is 26.4 Å². The lowest BCUT2D eigenvalue weighted by Gasteiger charge is -2.39. The lowest BCUT2D eigenvalue weighted by molar-refractivity contribution is -0.144. The van der Waals surface area contributed by atoms with Crippen LogP contribution in [0.3, 0.4) is 0 Å². The maximum absolute atomic E-state index is 13.8. The molecule has 6 nitrogen and oxygen atoms in total. The van der Waals surface area contributed by atoms with Gasteiger partial charge in [-0.1, -0.05) is 13.8 Å². The van der Waals surface area contributed by atoms with Crippen molar-refractivity contribution in [2.75, 3.05) is 19.1 Å². The van der Waals surface area contributed by atoms with E-state index in [-0.39, 0.29) is 34.9 Å². The number of fused-ring (bicyclic) bond motifs is 1. The summed E-state index contributed by atoms with van der Waals surface area (Å²) in [6.45, 7) is 5.21. The number of benzene rings is 1. The number of hydrogen-bond acceptors (Lipinski definition) is 5. The molecule has 1 aliphatic carbocycles. The number of carbonyl (C=O) groups excluding carboxylic acids is 1. The molecule has 2 heterocycles. The van der Waals surface area contributed by atoms with Crippen LogP contribution in [0, 0.1) is 11.3 Å². The number of halogens is 3. The second-order valence-corrected chi connectivity index (χ2v) is 11.8. The normalized spacial score (nSPS) is 28.2. The molecule has 1 saturated heterocycles. The van der Waals surface area contributed by atoms with E-state index in [1.165, 1.54) is 4.90 Å². The van der Waals surface area contributed by atoms with Crippen molar-refractivity contribution >= 4 is 15.7 Å². The quantitative estimate of drug-likeness (QED) is 0.699. The van der Waals surface area contributed by atoms with Crippen molar-refractivity contribution in [2.24, 2.45) is 11.3 Å². The first-order valence-corrected chi connectivity index (χ1v) is 13.1. The maximum atomic E-state index is 13.8. The van der Waals surface area contributed by atoms with Gasteiger partial charge in [0.05, 0.1) is 15.9 Å². The second-order valence-electron chi connectivity index (χ2n) is 9.87. The van der Waals surface area contributed by atoms with Crippen molar-refractivity contribution in [3.05, 3.63) is 29.3 Å². The van der Waals surface area contributed by atoms with Gasteiger partial charge in [0, 0.05) is 31.8 Å². The summed E-state index contributed by atoms with van der Waals surface area (Å²) in [6, 6.07) is 3.14. The van der Waals surface area contributed by atoms with Crippen LogP contribution in [0.4, 0.5) is 13.2 Å². The standard InChI is InChI=1S/C23H31F3N2O4S/c1-15(2)22(8-5-19(12-22)27-18-6-9-32-10-7-18)21(29)28-13-16-11-17(23(24,25)26)3-4-20(16)33(30,31)14-28/h3-4,11,15,18-19,27H,5-10,12-14H2,1-2H3/t19?,22-/m0/s1. The molecule has 1 N–H and O–H groups in total. The molecule has 2 fully saturated rings. The predicted molar refractivity (Wildman–Crippen MR) is 116 cm³/mol. The molecule has 0 spiro atoms. The Bertz CT molecular complexity index is 1010. The molecule has 2 aliphatic heterocycles. The van der Waals surface area contributed by atoms with E-state index in [0.717, 1.165) is 37.5 Å². The highest BCUT2D eigenvalue weighted by molar-refractivity contribution is 7.91. The maximum Gasteiger partial charge on any atom is 0.416 e. The van der Waals surface area contributed by atoms with Crippen molar-refractivity contribution < 1.29 is 31.1 Å². The minimum Gasteiger partial charge on any atom is -0.381 e. The van der Waals surface area contributed by atoms with Gasteiger partial charge < -0.3 is 15.0 Å². The molecular weight excluding hydrogens is 457 g/mol. The van der Waals surface area contributed by atoms with E-state index >= 15 is 0 Å². The molecule has 1 amide bonds. The minimum absolute atomic E-state index is 0.0261. The zero-order valence-corrected chi connectivity index (χ0v) is 19.8. The Labute approximate surface area is 192 Å². The third kappa shape index (κ3) is 4.79. The third-order valence-corrected chi connectivity index (χ3v) is 9.19. The number of hydrogen-bond donors (Lipinski definition) is 1. The van der Waals surface area contributed by atoms with E-state index < -0.39 is 32.9 Å². The highest BCUT2D eigenvalue weighted by Gasteiger charge is 2.51. The van der Waals surface area contributed by atoms with E-state index in [2.05, 4.69) is 5.32 Å².